The number of ether oxygens (including phenoxy) is 1. The molecule has 0 unspecified atom stereocenters. The molecule has 3 rings (SSSR count). The first-order valence-corrected chi connectivity index (χ1v) is 13.3. The van der Waals surface area contributed by atoms with Crippen molar-refractivity contribution >= 4 is 33.6 Å². The number of hydrogen-bond donors (Lipinski definition) is 1. The van der Waals surface area contributed by atoms with Crippen LogP contribution in [0.1, 0.15) is 55.8 Å². The Morgan fingerprint density at radius 2 is 2.03 bits per heavy atom. The third-order valence-corrected chi connectivity index (χ3v) is 7.02. The lowest BCUT2D eigenvalue weighted by atomic mass is 10.1. The van der Waals surface area contributed by atoms with E-state index < -0.39 is 27.7 Å². The van der Waals surface area contributed by atoms with E-state index in [-0.39, 0.29) is 23.2 Å². The average molecular weight is 534 g/mol. The number of carbonyl (C=O) groups is 1. The van der Waals surface area contributed by atoms with Crippen LogP contribution in [0.25, 0.3) is 6.08 Å². The van der Waals surface area contributed by atoms with Crippen LogP contribution >= 0.6 is 11.6 Å². The third kappa shape index (κ3) is 8.57. The van der Waals surface area contributed by atoms with E-state index in [1.807, 2.05) is 11.6 Å². The summed E-state index contributed by atoms with van der Waals surface area (Å²) in [5.74, 6) is -0.217. The van der Waals surface area contributed by atoms with Crippen LogP contribution < -0.4 is 9.46 Å². The van der Waals surface area contributed by atoms with Crippen molar-refractivity contribution in [1.82, 2.24) is 14.5 Å². The van der Waals surface area contributed by atoms with E-state index in [0.717, 1.165) is 43.9 Å². The van der Waals surface area contributed by atoms with Crippen molar-refractivity contribution in [2.45, 2.75) is 51.7 Å². The summed E-state index contributed by atoms with van der Waals surface area (Å²) in [6.07, 6.45) is 2.08. The van der Waals surface area contributed by atoms with Crippen LogP contribution in [0.3, 0.4) is 0 Å². The van der Waals surface area contributed by atoms with Crippen molar-refractivity contribution < 1.29 is 31.1 Å². The van der Waals surface area contributed by atoms with Gasteiger partial charge in [-0.2, -0.15) is 13.2 Å². The van der Waals surface area contributed by atoms with Crippen molar-refractivity contribution in [3.8, 4) is 5.88 Å². The number of hydrogen-bond acceptors (Lipinski definition) is 5. The van der Waals surface area contributed by atoms with E-state index in [2.05, 4.69) is 5.10 Å². The Morgan fingerprint density at radius 3 is 2.66 bits per heavy atom. The molecule has 0 atom stereocenters. The number of amides is 1. The standard InChI is InChI=1S/C23H27ClF3N3O4S/c1-2-3-4-11-35(32,33)29-21(31)10-9-19-13-22(34-15-16-5-6-16)28-30(19)14-17-7-8-18(12-20(17)24)23(25,26)27/h7-10,12-13,16H,2-6,11,14-15H2,1H3,(H,29,31)/b10-9+. The average Bonchev–Trinajstić information content (AvgIpc) is 3.51. The molecule has 1 amide bonds. The molecule has 0 aliphatic heterocycles. The zero-order valence-corrected chi connectivity index (χ0v) is 20.7. The highest BCUT2D eigenvalue weighted by molar-refractivity contribution is 7.90. The monoisotopic (exact) mass is 533 g/mol. The lowest BCUT2D eigenvalue weighted by Crippen LogP contribution is -2.31. The highest BCUT2D eigenvalue weighted by Crippen LogP contribution is 2.33. The third-order valence-electron chi connectivity index (χ3n) is 5.33. The normalized spacial score (nSPS) is 14.4. The molecule has 0 spiro atoms. The largest absolute Gasteiger partial charge is 0.476 e. The van der Waals surface area contributed by atoms with Gasteiger partial charge in [0.05, 0.1) is 30.2 Å². The van der Waals surface area contributed by atoms with Crippen LogP contribution in [-0.4, -0.2) is 36.5 Å². The lowest BCUT2D eigenvalue weighted by molar-refractivity contribution is -0.137. The van der Waals surface area contributed by atoms with Gasteiger partial charge in [0.25, 0.3) is 5.91 Å². The number of benzene rings is 1. The summed E-state index contributed by atoms with van der Waals surface area (Å²) in [6.45, 7) is 2.44. The summed E-state index contributed by atoms with van der Waals surface area (Å²) in [4.78, 5) is 12.2. The van der Waals surface area contributed by atoms with E-state index in [9.17, 15) is 26.4 Å². The molecule has 0 radical (unpaired) electrons. The van der Waals surface area contributed by atoms with Gasteiger partial charge in [0.15, 0.2) is 0 Å². The summed E-state index contributed by atoms with van der Waals surface area (Å²) >= 11 is 6.09. The number of nitrogens with zero attached hydrogens (tertiary/aromatic N) is 2. The van der Waals surface area contributed by atoms with E-state index in [1.165, 1.54) is 16.8 Å². The Labute approximate surface area is 207 Å². The minimum Gasteiger partial charge on any atom is -0.476 e. The van der Waals surface area contributed by atoms with Gasteiger partial charge in [-0.15, -0.1) is 5.10 Å². The second-order valence-corrected chi connectivity index (χ2v) is 10.7. The van der Waals surface area contributed by atoms with Gasteiger partial charge in [0.1, 0.15) is 0 Å². The molecule has 1 saturated carbocycles. The first kappa shape index (κ1) is 27.1. The van der Waals surface area contributed by atoms with Gasteiger partial charge in [-0.05, 0) is 49.0 Å². The number of carbonyl (C=O) groups excluding carboxylic acids is 1. The quantitative estimate of drug-likeness (QED) is 0.305. The number of nitrogens with one attached hydrogen (secondary N) is 1. The van der Waals surface area contributed by atoms with Gasteiger partial charge in [0.2, 0.25) is 15.9 Å². The maximum absolute atomic E-state index is 12.9. The maximum atomic E-state index is 12.9. The zero-order chi connectivity index (χ0) is 25.6. The van der Waals surface area contributed by atoms with E-state index in [1.54, 1.807) is 6.07 Å². The molecule has 192 valence electrons. The number of rotatable bonds is 12. The number of sulfonamides is 1. The summed E-state index contributed by atoms with van der Waals surface area (Å²) in [7, 11) is -3.75. The van der Waals surface area contributed by atoms with Crippen LogP contribution in [-0.2, 0) is 27.5 Å². The van der Waals surface area contributed by atoms with Gasteiger partial charge >= 0.3 is 6.18 Å². The number of halogens is 4. The second kappa shape index (κ2) is 11.5. The molecular formula is C23H27ClF3N3O4S. The number of unbranched alkanes of at least 4 members (excludes halogenated alkanes) is 2. The predicted octanol–water partition coefficient (Wildman–Crippen LogP) is 5.04. The van der Waals surface area contributed by atoms with Crippen molar-refractivity contribution in [2.75, 3.05) is 12.4 Å². The van der Waals surface area contributed by atoms with Crippen LogP contribution in [0.5, 0.6) is 5.88 Å². The molecule has 7 nitrogen and oxygen atoms in total. The van der Waals surface area contributed by atoms with Gasteiger partial charge in [-0.25, -0.2) is 13.1 Å². The lowest BCUT2D eigenvalue weighted by Gasteiger charge is -2.11. The molecule has 1 aliphatic rings. The maximum Gasteiger partial charge on any atom is 0.416 e. The molecule has 12 heteroatoms. The molecule has 1 aromatic carbocycles. The Balaban J connectivity index is 1.76. The molecule has 0 saturated heterocycles. The van der Waals surface area contributed by atoms with Crippen LogP contribution in [0, 0.1) is 5.92 Å². The van der Waals surface area contributed by atoms with Crippen molar-refractivity contribution in [1.29, 1.82) is 0 Å². The first-order valence-electron chi connectivity index (χ1n) is 11.3. The highest BCUT2D eigenvalue weighted by atomic mass is 35.5. The van der Waals surface area contributed by atoms with Crippen LogP contribution in [0.15, 0.2) is 30.3 Å². The SMILES string of the molecule is CCCCCS(=O)(=O)NC(=O)/C=C/c1cc(OCC2CC2)nn1Cc1ccc(C(F)(F)F)cc1Cl. The number of aromatic nitrogens is 2. The Bertz CT molecular complexity index is 1180. The summed E-state index contributed by atoms with van der Waals surface area (Å²) in [6, 6.07) is 4.61. The molecule has 1 aliphatic carbocycles. The molecule has 1 fully saturated rings. The minimum absolute atomic E-state index is 0.0143. The van der Waals surface area contributed by atoms with Crippen molar-refractivity contribution in [3.63, 3.8) is 0 Å². The van der Waals surface area contributed by atoms with Gasteiger partial charge in [-0.3, -0.25) is 9.48 Å². The fourth-order valence-corrected chi connectivity index (χ4v) is 4.48. The Kier molecular flexibility index (Phi) is 8.87. The van der Waals surface area contributed by atoms with E-state index in [0.29, 0.717) is 30.2 Å². The molecule has 0 bridgehead atoms. The molecule has 1 aromatic heterocycles. The minimum atomic E-state index is -4.52. The smallest absolute Gasteiger partial charge is 0.416 e. The van der Waals surface area contributed by atoms with E-state index in [4.69, 9.17) is 16.3 Å². The molecule has 35 heavy (non-hydrogen) atoms. The summed E-state index contributed by atoms with van der Waals surface area (Å²) < 4.78 is 72.0. The second-order valence-electron chi connectivity index (χ2n) is 8.45. The van der Waals surface area contributed by atoms with Gasteiger partial charge in [-0.1, -0.05) is 37.4 Å². The molecular weight excluding hydrogens is 507 g/mol. The van der Waals surface area contributed by atoms with Gasteiger partial charge < -0.3 is 4.74 Å². The van der Waals surface area contributed by atoms with Crippen molar-refractivity contribution in [3.05, 3.63) is 52.2 Å². The highest BCUT2D eigenvalue weighted by Gasteiger charge is 2.31. The molecule has 1 heterocycles. The van der Waals surface area contributed by atoms with E-state index >= 15 is 0 Å². The topological polar surface area (TPSA) is 90.3 Å². The zero-order valence-electron chi connectivity index (χ0n) is 19.1. The Hall–Kier alpha value is -2.53. The molecule has 2 aromatic rings. The fraction of sp³-hybridized carbons (Fsp3) is 0.478. The Morgan fingerprint density at radius 1 is 1.29 bits per heavy atom. The van der Waals surface area contributed by atoms with Crippen molar-refractivity contribution in [2.24, 2.45) is 5.92 Å². The van der Waals surface area contributed by atoms with Crippen LogP contribution in [0.4, 0.5) is 13.2 Å². The van der Waals surface area contributed by atoms with Crippen LogP contribution in [0.2, 0.25) is 5.02 Å². The fourth-order valence-electron chi connectivity index (χ4n) is 3.18. The molecule has 1 N–H and O–H groups in total. The summed E-state index contributed by atoms with van der Waals surface area (Å²) in [5, 5.41) is 4.25. The number of alkyl halides is 3. The summed E-state index contributed by atoms with van der Waals surface area (Å²) in [5.41, 5.74) is -0.0866. The predicted molar refractivity (Wildman–Crippen MR) is 126 cm³/mol. The first-order chi connectivity index (χ1) is 16.5. The van der Waals surface area contributed by atoms with Gasteiger partial charge in [0, 0.05) is 17.2 Å².